The molecule has 0 saturated heterocycles. The Morgan fingerprint density at radius 2 is 0.674 bits per heavy atom. The number of aromatic hydroxyl groups is 2. The molecule has 6 aromatic rings. The fourth-order valence-corrected chi connectivity index (χ4v) is 10.3. The number of aliphatic hydroxyl groups excluding tert-OH is 1. The maximum Gasteiger partial charge on any atom is 0.319 e. The third-order valence-corrected chi connectivity index (χ3v) is 15.4. The number of carbonyl (C=O) groups is 4. The van der Waals surface area contributed by atoms with Crippen molar-refractivity contribution in [2.24, 2.45) is 0 Å². The average molecular weight is 1210 g/mol. The zero-order valence-electron chi connectivity index (χ0n) is 54.5. The highest BCUT2D eigenvalue weighted by Gasteiger charge is 2.29. The zero-order chi connectivity index (χ0) is 64.5. The molecule has 0 radical (unpaired) electrons. The van der Waals surface area contributed by atoms with E-state index in [1.807, 2.05) is 61.0 Å². The first-order valence-corrected chi connectivity index (χ1v) is 31.7. The van der Waals surface area contributed by atoms with Crippen molar-refractivity contribution in [1.82, 2.24) is 10.6 Å². The predicted molar refractivity (Wildman–Crippen MR) is 357 cm³/mol. The molecule has 86 heavy (non-hydrogen) atoms. The number of ketones is 2. The maximum atomic E-state index is 13.2. The van der Waals surface area contributed by atoms with Crippen molar-refractivity contribution in [2.75, 3.05) is 56.6 Å². The summed E-state index contributed by atoms with van der Waals surface area (Å²) < 4.78 is 13.8. The Bertz CT molecular complexity index is 2990. The first-order valence-electron chi connectivity index (χ1n) is 29.2. The summed E-state index contributed by atoms with van der Waals surface area (Å²) >= 11 is 3.22. The quantitative estimate of drug-likeness (QED) is 0.0454. The van der Waals surface area contributed by atoms with Gasteiger partial charge in [-0.15, -0.1) is 23.5 Å². The van der Waals surface area contributed by atoms with Crippen LogP contribution >= 0.6 is 23.5 Å². The summed E-state index contributed by atoms with van der Waals surface area (Å²) in [6, 6.07) is 32.1. The monoisotopic (exact) mass is 1210 g/mol. The van der Waals surface area contributed by atoms with Crippen LogP contribution in [0.3, 0.4) is 0 Å². The minimum absolute atomic E-state index is 0.167. The Hall–Kier alpha value is -6.94. The molecule has 7 rings (SSSR count). The highest BCUT2D eigenvalue weighted by molar-refractivity contribution is 7.98. The standard InChI is InChI=1S/C64H80N4O6S2.2C3H6O.CH4O/c1-61(2,3)47-29-39-25-43-33-49(63(7,8)9)35-45(57(43)73-23-21-65-59(71)67-51-17-15-19-53(37-51)75-13)27-41-31-48(62(4,5)6)32-42(56(41)70)28-46-36-50(64(10,11)12)34-44(26-40(30-47)55(39)69)58(46)74-24-22-66-60(72)68-52-18-16-20-54(38-52)76-14;2*1-3(2)4;1-2/h15-20,29-38,69-70H,21-28H2,1-14H3,(H2,65,67,71)(H2,66,68,72);2*1-2H3;2H,1H3. The molecule has 0 heterocycles. The number of fused-ring (bicyclic) bond motifs is 8. The number of amides is 4. The van der Waals surface area contributed by atoms with E-state index >= 15 is 0 Å². The summed E-state index contributed by atoms with van der Waals surface area (Å²) in [5.41, 5.74) is 11.3. The number of anilines is 2. The number of Topliss-reactive ketones (excluding diaryl/α,β-unsaturated/α-hetero) is 2. The Morgan fingerprint density at radius 3 is 0.907 bits per heavy atom. The molecule has 0 unspecified atom stereocenters. The SMILES string of the molecule is CC(C)=O.CC(C)=O.CO.CSc1cccc(NC(=O)NCCOc2c3cc(C(C)(C)C)cc2Cc2cc(C(C)(C)C)cc(c2O)Cc2cc(C(C)(C)C)cc(c2OCCNC(=O)Nc2cccc(SC)c2)Cc2cc(C(C)(C)C)cc(c2O)C3)c1. The molecule has 1 aliphatic carbocycles. The minimum Gasteiger partial charge on any atom is -0.507 e. The molecule has 0 saturated carbocycles. The van der Waals surface area contributed by atoms with E-state index in [0.29, 0.717) is 48.6 Å². The van der Waals surface area contributed by atoms with Crippen LogP contribution in [0.15, 0.2) is 107 Å². The van der Waals surface area contributed by atoms with E-state index in [0.717, 1.165) is 83.7 Å². The van der Waals surface area contributed by atoms with Crippen LogP contribution in [0.25, 0.3) is 0 Å². The lowest BCUT2D eigenvalue weighted by Crippen LogP contribution is -2.32. The fourth-order valence-electron chi connectivity index (χ4n) is 9.40. The van der Waals surface area contributed by atoms with Gasteiger partial charge in [-0.2, -0.15) is 0 Å². The summed E-state index contributed by atoms with van der Waals surface area (Å²) in [7, 11) is 1.00. The molecule has 8 bridgehead atoms. The molecule has 0 aliphatic heterocycles. The minimum atomic E-state index is -0.333. The van der Waals surface area contributed by atoms with E-state index < -0.39 is 0 Å². The van der Waals surface area contributed by atoms with Crippen LogP contribution in [0.1, 0.15) is 178 Å². The predicted octanol–water partition coefficient (Wildman–Crippen LogP) is 15.6. The largest absolute Gasteiger partial charge is 0.507 e. The van der Waals surface area contributed by atoms with E-state index in [-0.39, 0.29) is 83.1 Å². The van der Waals surface area contributed by atoms with Gasteiger partial charge in [0.25, 0.3) is 0 Å². The van der Waals surface area contributed by atoms with Gasteiger partial charge in [-0.3, -0.25) is 0 Å². The van der Waals surface area contributed by atoms with Crippen LogP contribution in [0.5, 0.6) is 23.0 Å². The third-order valence-electron chi connectivity index (χ3n) is 13.9. The van der Waals surface area contributed by atoms with Crippen molar-refractivity contribution in [2.45, 2.75) is 168 Å². The van der Waals surface area contributed by atoms with Crippen LogP contribution < -0.4 is 30.7 Å². The maximum absolute atomic E-state index is 13.2. The molecule has 1 aliphatic rings. The van der Waals surface area contributed by atoms with Gasteiger partial charge in [0.2, 0.25) is 0 Å². The second-order valence-corrected chi connectivity index (χ2v) is 27.7. The molecule has 0 aromatic heterocycles. The van der Waals surface area contributed by atoms with Crippen LogP contribution in [0.4, 0.5) is 21.0 Å². The Kier molecular flexibility index (Phi) is 26.3. The summed E-state index contributed by atoms with van der Waals surface area (Å²) in [5.74, 6) is 2.05. The van der Waals surface area contributed by atoms with E-state index in [1.165, 1.54) is 27.7 Å². The number of hydrogen-bond acceptors (Lipinski definition) is 11. The topological polar surface area (TPSA) is 196 Å². The van der Waals surface area contributed by atoms with Gasteiger partial charge in [-0.05, 0) is 165 Å². The Morgan fingerprint density at radius 1 is 0.430 bits per heavy atom. The Labute approximate surface area is 521 Å². The van der Waals surface area contributed by atoms with Gasteiger partial charge < -0.3 is 55.6 Å². The van der Waals surface area contributed by atoms with Gasteiger partial charge in [0.1, 0.15) is 47.8 Å². The summed E-state index contributed by atoms with van der Waals surface area (Å²) in [4.78, 5) is 47.4. The van der Waals surface area contributed by atoms with E-state index in [1.54, 1.807) is 23.5 Å². The number of aliphatic hydroxyl groups is 1. The number of rotatable bonds is 12. The highest BCUT2D eigenvalue weighted by atomic mass is 32.2. The van der Waals surface area contributed by atoms with Crippen molar-refractivity contribution in [3.05, 3.63) is 164 Å². The Balaban J connectivity index is 0.00000147. The van der Waals surface area contributed by atoms with Crippen LogP contribution in [0.2, 0.25) is 0 Å². The van der Waals surface area contributed by atoms with Gasteiger partial charge in [0.05, 0.1) is 13.1 Å². The van der Waals surface area contributed by atoms with Crippen molar-refractivity contribution in [3.8, 4) is 23.0 Å². The molecule has 4 amide bonds. The molecule has 13 nitrogen and oxygen atoms in total. The fraction of sp³-hybridized carbons (Fsp3) is 0.437. The summed E-state index contributed by atoms with van der Waals surface area (Å²) in [6.07, 6.45) is 5.39. The number of phenols is 2. The molecule has 15 heteroatoms. The van der Waals surface area contributed by atoms with Crippen molar-refractivity contribution >= 4 is 58.5 Å². The third kappa shape index (κ3) is 21.8. The number of thioether (sulfide) groups is 2. The molecular weight excluding hydrogens is 1120 g/mol. The van der Waals surface area contributed by atoms with Crippen molar-refractivity contribution in [3.63, 3.8) is 0 Å². The number of phenolic OH excluding ortho intramolecular Hbond substituents is 2. The first-order chi connectivity index (χ1) is 40.2. The zero-order valence-corrected chi connectivity index (χ0v) is 56.1. The van der Waals surface area contributed by atoms with E-state index in [2.05, 4.69) is 153 Å². The van der Waals surface area contributed by atoms with Crippen LogP contribution in [0, 0.1) is 0 Å². The second kappa shape index (κ2) is 31.6. The molecule has 466 valence electrons. The number of urea groups is 2. The lowest BCUT2D eigenvalue weighted by atomic mass is 9.79. The van der Waals surface area contributed by atoms with Gasteiger partial charge in [-0.1, -0.05) is 144 Å². The number of nitrogens with one attached hydrogen (secondary N) is 4. The molecule has 0 atom stereocenters. The van der Waals surface area contributed by atoms with Gasteiger partial charge in [-0.25, -0.2) is 9.59 Å². The van der Waals surface area contributed by atoms with Crippen LogP contribution in [-0.4, -0.2) is 84.9 Å². The first kappa shape index (κ1) is 71.5. The molecular formula is C71H96N4O9S2. The van der Waals surface area contributed by atoms with Crippen molar-refractivity contribution in [1.29, 1.82) is 0 Å². The lowest BCUT2D eigenvalue weighted by molar-refractivity contribution is -0.115. The summed E-state index contributed by atoms with van der Waals surface area (Å²) in [6.45, 7) is 33.2. The second-order valence-electron chi connectivity index (χ2n) is 26.0. The lowest BCUT2D eigenvalue weighted by Gasteiger charge is -2.28. The number of benzene rings is 6. The van der Waals surface area contributed by atoms with Gasteiger partial charge in [0.15, 0.2) is 0 Å². The van der Waals surface area contributed by atoms with Crippen molar-refractivity contribution < 1.29 is 44.0 Å². The summed E-state index contributed by atoms with van der Waals surface area (Å²) in [5, 5.41) is 44.3. The molecule has 0 spiro atoms. The normalized spacial score (nSPS) is 12.1. The van der Waals surface area contributed by atoms with E-state index in [4.69, 9.17) is 14.6 Å². The smallest absolute Gasteiger partial charge is 0.319 e. The average Bonchev–Trinajstić information content (AvgIpc) is 1.09. The molecule has 7 N–H and O–H groups in total. The van der Waals surface area contributed by atoms with E-state index in [9.17, 15) is 29.4 Å². The molecule has 0 fully saturated rings. The van der Waals surface area contributed by atoms with Gasteiger partial charge >= 0.3 is 12.1 Å². The van der Waals surface area contributed by atoms with Crippen LogP contribution in [-0.2, 0) is 56.9 Å². The number of ether oxygens (including phenoxy) is 2. The highest BCUT2D eigenvalue weighted by Crippen LogP contribution is 2.44. The molecule has 6 aromatic carbocycles. The van der Waals surface area contributed by atoms with Gasteiger partial charge in [0, 0.05) is 54.0 Å². The number of carbonyl (C=O) groups excluding carboxylic acids is 4. The number of hydrogen-bond donors (Lipinski definition) is 7.